The van der Waals surface area contributed by atoms with Gasteiger partial charge in [-0.15, -0.1) is 0 Å². The minimum Gasteiger partial charge on any atom is -0.314 e. The number of rotatable bonds is 2. The van der Waals surface area contributed by atoms with E-state index in [4.69, 9.17) is 0 Å². The van der Waals surface area contributed by atoms with Gasteiger partial charge in [-0.3, -0.25) is 14.4 Å². The molecule has 22 heavy (non-hydrogen) atoms. The van der Waals surface area contributed by atoms with Crippen LogP contribution >= 0.6 is 0 Å². The van der Waals surface area contributed by atoms with Crippen LogP contribution in [-0.4, -0.2) is 24.5 Å². The molecule has 1 atom stereocenters. The summed E-state index contributed by atoms with van der Waals surface area (Å²) in [6, 6.07) is 13.8. The van der Waals surface area contributed by atoms with Crippen molar-refractivity contribution in [1.29, 1.82) is 0 Å². The molecule has 110 valence electrons. The van der Waals surface area contributed by atoms with Gasteiger partial charge in [0.15, 0.2) is 17.5 Å². The molecule has 1 unspecified atom stereocenters. The molecule has 2 aromatic rings. The maximum Gasteiger partial charge on any atom is 0.245 e. The predicted octanol–water partition coefficient (Wildman–Crippen LogP) is 2.65. The standard InChI is InChI=1S/C18H15NO3/c1-11-7-3-4-8-12(11)16(20)15-17(21)13-9-5-6-10-14(13)19(2)18(15)22/h3-10,15H,1-2H3. The summed E-state index contributed by atoms with van der Waals surface area (Å²) in [5.41, 5.74) is 2.14. The molecule has 3 rings (SSSR count). The van der Waals surface area contributed by atoms with E-state index in [1.165, 1.54) is 4.90 Å². The fourth-order valence-electron chi connectivity index (χ4n) is 2.79. The Morgan fingerprint density at radius 1 is 1.00 bits per heavy atom. The monoisotopic (exact) mass is 293 g/mol. The first-order valence-corrected chi connectivity index (χ1v) is 7.03. The highest BCUT2D eigenvalue weighted by Crippen LogP contribution is 2.31. The summed E-state index contributed by atoms with van der Waals surface area (Å²) in [4.78, 5) is 39.3. The van der Waals surface area contributed by atoms with Gasteiger partial charge in [0.2, 0.25) is 5.91 Å². The fraction of sp³-hybridized carbons (Fsp3) is 0.167. The Morgan fingerprint density at radius 2 is 1.64 bits per heavy atom. The number of anilines is 1. The lowest BCUT2D eigenvalue weighted by Crippen LogP contribution is -2.46. The molecule has 0 aliphatic carbocycles. The van der Waals surface area contributed by atoms with Crippen molar-refractivity contribution in [2.75, 3.05) is 11.9 Å². The van der Waals surface area contributed by atoms with Gasteiger partial charge in [0.25, 0.3) is 0 Å². The third kappa shape index (κ3) is 2.04. The zero-order chi connectivity index (χ0) is 15.9. The number of hydrogen-bond acceptors (Lipinski definition) is 3. The van der Waals surface area contributed by atoms with Crippen molar-refractivity contribution in [3.8, 4) is 0 Å². The van der Waals surface area contributed by atoms with E-state index in [9.17, 15) is 14.4 Å². The van der Waals surface area contributed by atoms with Gasteiger partial charge in [-0.1, -0.05) is 36.4 Å². The van der Waals surface area contributed by atoms with Crippen LogP contribution in [0.15, 0.2) is 48.5 Å². The third-order valence-electron chi connectivity index (χ3n) is 4.04. The van der Waals surface area contributed by atoms with Crippen LogP contribution in [-0.2, 0) is 4.79 Å². The molecule has 0 bridgehead atoms. The topological polar surface area (TPSA) is 54.5 Å². The van der Waals surface area contributed by atoms with E-state index < -0.39 is 23.4 Å². The van der Waals surface area contributed by atoms with Crippen LogP contribution < -0.4 is 4.90 Å². The van der Waals surface area contributed by atoms with Crippen LogP contribution in [0.5, 0.6) is 0 Å². The highest BCUT2D eigenvalue weighted by Gasteiger charge is 2.42. The highest BCUT2D eigenvalue weighted by atomic mass is 16.2. The van der Waals surface area contributed by atoms with E-state index in [0.717, 1.165) is 5.56 Å². The lowest BCUT2D eigenvalue weighted by atomic mass is 9.84. The molecule has 0 radical (unpaired) electrons. The van der Waals surface area contributed by atoms with E-state index >= 15 is 0 Å². The first-order chi connectivity index (χ1) is 10.5. The third-order valence-corrected chi connectivity index (χ3v) is 4.04. The molecule has 0 saturated heterocycles. The molecule has 1 amide bonds. The van der Waals surface area contributed by atoms with Crippen molar-refractivity contribution in [2.45, 2.75) is 6.92 Å². The predicted molar refractivity (Wildman–Crippen MR) is 83.2 cm³/mol. The maximum atomic E-state index is 12.7. The van der Waals surface area contributed by atoms with E-state index in [1.54, 1.807) is 56.4 Å². The van der Waals surface area contributed by atoms with Crippen molar-refractivity contribution in [1.82, 2.24) is 0 Å². The van der Waals surface area contributed by atoms with Gasteiger partial charge >= 0.3 is 0 Å². The molecule has 0 N–H and O–H groups in total. The molecule has 4 nitrogen and oxygen atoms in total. The van der Waals surface area contributed by atoms with Crippen molar-refractivity contribution in [3.63, 3.8) is 0 Å². The van der Waals surface area contributed by atoms with Crippen molar-refractivity contribution in [3.05, 3.63) is 65.2 Å². The molecule has 0 saturated carbocycles. The molecular formula is C18H15NO3. The fourth-order valence-corrected chi connectivity index (χ4v) is 2.79. The number of Topliss-reactive ketones (excluding diaryl/α,β-unsaturated/α-hetero) is 2. The summed E-state index contributed by atoms with van der Waals surface area (Å²) in [5, 5.41) is 0. The first-order valence-electron chi connectivity index (χ1n) is 7.03. The van der Waals surface area contributed by atoms with E-state index in [0.29, 0.717) is 16.8 Å². The second-order valence-electron chi connectivity index (χ2n) is 5.39. The summed E-state index contributed by atoms with van der Waals surface area (Å²) in [6.45, 7) is 1.79. The number of carbonyl (C=O) groups is 3. The van der Waals surface area contributed by atoms with Crippen LogP contribution in [0.4, 0.5) is 5.69 Å². The lowest BCUT2D eigenvalue weighted by molar-refractivity contribution is -0.119. The zero-order valence-electron chi connectivity index (χ0n) is 12.4. The molecule has 4 heteroatoms. The molecule has 0 fully saturated rings. The van der Waals surface area contributed by atoms with Gasteiger partial charge in [-0.25, -0.2) is 0 Å². The lowest BCUT2D eigenvalue weighted by Gasteiger charge is -2.29. The number of benzene rings is 2. The Kier molecular flexibility index (Phi) is 3.37. The maximum absolute atomic E-state index is 12.7. The Morgan fingerprint density at radius 3 is 2.36 bits per heavy atom. The van der Waals surface area contributed by atoms with Gasteiger partial charge in [0, 0.05) is 18.2 Å². The quantitative estimate of drug-likeness (QED) is 0.632. The smallest absolute Gasteiger partial charge is 0.245 e. The Labute approximate surface area is 128 Å². The summed E-state index contributed by atoms with van der Waals surface area (Å²) < 4.78 is 0. The van der Waals surface area contributed by atoms with Gasteiger partial charge in [0.05, 0.1) is 5.69 Å². The minimum absolute atomic E-state index is 0.413. The molecule has 1 aliphatic heterocycles. The molecular weight excluding hydrogens is 278 g/mol. The second kappa shape index (κ2) is 5.22. The van der Waals surface area contributed by atoms with Crippen LogP contribution in [0.25, 0.3) is 0 Å². The number of carbonyl (C=O) groups excluding carboxylic acids is 3. The molecule has 1 heterocycles. The number of nitrogens with zero attached hydrogens (tertiary/aromatic N) is 1. The minimum atomic E-state index is -1.29. The number of aryl methyl sites for hydroxylation is 1. The number of amides is 1. The van der Waals surface area contributed by atoms with Crippen LogP contribution in [0.2, 0.25) is 0 Å². The summed E-state index contributed by atoms with van der Waals surface area (Å²) in [5.74, 6) is -2.63. The first kappa shape index (κ1) is 14.2. The number of para-hydroxylation sites is 1. The van der Waals surface area contributed by atoms with Crippen LogP contribution in [0.1, 0.15) is 26.3 Å². The van der Waals surface area contributed by atoms with E-state index in [-0.39, 0.29) is 0 Å². The normalized spacial score (nSPS) is 17.4. The number of hydrogen-bond donors (Lipinski definition) is 0. The molecule has 0 aromatic heterocycles. The van der Waals surface area contributed by atoms with E-state index in [2.05, 4.69) is 0 Å². The zero-order valence-corrected chi connectivity index (χ0v) is 12.4. The Balaban J connectivity index is 2.09. The van der Waals surface area contributed by atoms with Gasteiger partial charge in [-0.05, 0) is 24.6 Å². The van der Waals surface area contributed by atoms with Gasteiger partial charge in [-0.2, -0.15) is 0 Å². The van der Waals surface area contributed by atoms with Crippen LogP contribution in [0.3, 0.4) is 0 Å². The Bertz CT molecular complexity index is 794. The van der Waals surface area contributed by atoms with Crippen molar-refractivity contribution < 1.29 is 14.4 Å². The molecule has 2 aromatic carbocycles. The molecule has 0 spiro atoms. The van der Waals surface area contributed by atoms with Gasteiger partial charge in [0.1, 0.15) is 0 Å². The average Bonchev–Trinajstić information content (AvgIpc) is 2.53. The Hall–Kier alpha value is -2.75. The summed E-state index contributed by atoms with van der Waals surface area (Å²) in [6.07, 6.45) is 0. The number of ketones is 2. The van der Waals surface area contributed by atoms with Crippen LogP contribution in [0, 0.1) is 12.8 Å². The summed E-state index contributed by atoms with van der Waals surface area (Å²) in [7, 11) is 1.59. The number of fused-ring (bicyclic) bond motifs is 1. The average molecular weight is 293 g/mol. The second-order valence-corrected chi connectivity index (χ2v) is 5.39. The highest BCUT2D eigenvalue weighted by molar-refractivity contribution is 6.34. The van der Waals surface area contributed by atoms with Crippen molar-refractivity contribution in [2.24, 2.45) is 5.92 Å². The van der Waals surface area contributed by atoms with Crippen molar-refractivity contribution >= 4 is 23.2 Å². The molecule has 1 aliphatic rings. The summed E-state index contributed by atoms with van der Waals surface area (Å²) >= 11 is 0. The van der Waals surface area contributed by atoms with E-state index in [1.807, 2.05) is 6.07 Å². The largest absolute Gasteiger partial charge is 0.314 e. The SMILES string of the molecule is Cc1ccccc1C(=O)C1C(=O)c2ccccc2N(C)C1=O. The van der Waals surface area contributed by atoms with Gasteiger partial charge < -0.3 is 4.90 Å².